The van der Waals surface area contributed by atoms with Gasteiger partial charge >= 0.3 is 5.97 Å². The zero-order valence-electron chi connectivity index (χ0n) is 9.53. The lowest BCUT2D eigenvalue weighted by molar-refractivity contribution is 0.0696. The van der Waals surface area contributed by atoms with E-state index in [1.54, 1.807) is 7.11 Å². The molecule has 1 unspecified atom stereocenters. The minimum atomic E-state index is -0.970. The Morgan fingerprint density at radius 3 is 3.00 bits per heavy atom. The van der Waals surface area contributed by atoms with Crippen LogP contribution in [-0.2, 0) is 11.3 Å². The molecule has 0 spiro atoms. The standard InChI is InChI=1S/C11H17NO4/c1-8(6-15-2)4-12-5-10-3-9(7-16-10)11(13)14/h3,7-8,12H,4-6H2,1-2H3,(H,13,14). The first-order valence-corrected chi connectivity index (χ1v) is 5.14. The average Bonchev–Trinajstić information content (AvgIpc) is 2.67. The predicted octanol–water partition coefficient (Wildman–Crippen LogP) is 1.35. The number of nitrogens with one attached hydrogen (secondary N) is 1. The van der Waals surface area contributed by atoms with Crippen LogP contribution >= 0.6 is 0 Å². The first kappa shape index (κ1) is 12.7. The molecule has 1 rings (SSSR count). The summed E-state index contributed by atoms with van der Waals surface area (Å²) in [5.41, 5.74) is 0.182. The zero-order valence-corrected chi connectivity index (χ0v) is 9.53. The van der Waals surface area contributed by atoms with Crippen LogP contribution in [0.4, 0.5) is 0 Å². The van der Waals surface area contributed by atoms with E-state index in [0.29, 0.717) is 24.8 Å². The van der Waals surface area contributed by atoms with Crippen molar-refractivity contribution in [2.45, 2.75) is 13.5 Å². The van der Waals surface area contributed by atoms with Gasteiger partial charge in [-0.05, 0) is 12.0 Å². The number of hydrogen-bond donors (Lipinski definition) is 2. The van der Waals surface area contributed by atoms with E-state index in [9.17, 15) is 4.79 Å². The van der Waals surface area contributed by atoms with E-state index in [1.807, 2.05) is 0 Å². The van der Waals surface area contributed by atoms with Crippen molar-refractivity contribution in [1.29, 1.82) is 0 Å². The molecule has 0 aliphatic heterocycles. The number of rotatable bonds is 7. The van der Waals surface area contributed by atoms with E-state index in [2.05, 4.69) is 12.2 Å². The molecule has 1 aromatic heterocycles. The van der Waals surface area contributed by atoms with Gasteiger partial charge in [-0.15, -0.1) is 0 Å². The van der Waals surface area contributed by atoms with Gasteiger partial charge in [0.1, 0.15) is 12.0 Å². The Balaban J connectivity index is 2.29. The molecule has 0 aliphatic carbocycles. The smallest absolute Gasteiger partial charge is 0.338 e. The van der Waals surface area contributed by atoms with Crippen molar-refractivity contribution in [3.63, 3.8) is 0 Å². The van der Waals surface area contributed by atoms with Gasteiger partial charge in [-0.2, -0.15) is 0 Å². The van der Waals surface area contributed by atoms with Crippen LogP contribution in [0.1, 0.15) is 23.0 Å². The molecule has 5 nitrogen and oxygen atoms in total. The quantitative estimate of drug-likeness (QED) is 0.735. The maximum atomic E-state index is 10.6. The minimum absolute atomic E-state index is 0.182. The first-order valence-electron chi connectivity index (χ1n) is 5.14. The highest BCUT2D eigenvalue weighted by molar-refractivity contribution is 5.87. The average molecular weight is 227 g/mol. The first-order chi connectivity index (χ1) is 7.63. The van der Waals surface area contributed by atoms with Gasteiger partial charge in [0.25, 0.3) is 0 Å². The molecule has 0 radical (unpaired) electrons. The van der Waals surface area contributed by atoms with Crippen molar-refractivity contribution in [3.05, 3.63) is 23.7 Å². The van der Waals surface area contributed by atoms with E-state index in [-0.39, 0.29) is 5.56 Å². The summed E-state index contributed by atoms with van der Waals surface area (Å²) >= 11 is 0. The summed E-state index contributed by atoms with van der Waals surface area (Å²) in [5, 5.41) is 11.9. The summed E-state index contributed by atoms with van der Waals surface area (Å²) in [6, 6.07) is 1.52. The van der Waals surface area contributed by atoms with E-state index in [4.69, 9.17) is 14.3 Å². The number of carboxylic acid groups (broad SMARTS) is 1. The van der Waals surface area contributed by atoms with Crippen molar-refractivity contribution < 1.29 is 19.1 Å². The highest BCUT2D eigenvalue weighted by Gasteiger charge is 2.08. The second kappa shape index (κ2) is 6.30. The maximum Gasteiger partial charge on any atom is 0.338 e. The SMILES string of the molecule is COCC(C)CNCc1cc(C(=O)O)co1. The number of methoxy groups -OCH3 is 1. The molecule has 0 saturated heterocycles. The molecule has 5 heteroatoms. The number of carboxylic acids is 1. The maximum absolute atomic E-state index is 10.6. The van der Waals surface area contributed by atoms with Crippen LogP contribution in [-0.4, -0.2) is 31.3 Å². The summed E-state index contributed by atoms with van der Waals surface area (Å²) in [6.07, 6.45) is 1.25. The van der Waals surface area contributed by atoms with E-state index in [0.717, 1.165) is 6.54 Å². The highest BCUT2D eigenvalue weighted by atomic mass is 16.5. The van der Waals surface area contributed by atoms with Crippen LogP contribution in [0.5, 0.6) is 0 Å². The van der Waals surface area contributed by atoms with Crippen LogP contribution in [0.3, 0.4) is 0 Å². The van der Waals surface area contributed by atoms with Crippen molar-refractivity contribution in [3.8, 4) is 0 Å². The molecule has 16 heavy (non-hydrogen) atoms. The Hall–Kier alpha value is -1.33. The van der Waals surface area contributed by atoms with Gasteiger partial charge in [0, 0.05) is 20.3 Å². The van der Waals surface area contributed by atoms with Gasteiger partial charge < -0.3 is 19.6 Å². The van der Waals surface area contributed by atoms with Crippen LogP contribution in [0.15, 0.2) is 16.7 Å². The van der Waals surface area contributed by atoms with Crippen LogP contribution < -0.4 is 5.32 Å². The third kappa shape index (κ3) is 4.04. The molecule has 2 N–H and O–H groups in total. The molecule has 0 bridgehead atoms. The summed E-state index contributed by atoms with van der Waals surface area (Å²) in [4.78, 5) is 10.6. The summed E-state index contributed by atoms with van der Waals surface area (Å²) < 4.78 is 10.1. The molecular formula is C11H17NO4. The lowest BCUT2D eigenvalue weighted by Crippen LogP contribution is -2.23. The highest BCUT2D eigenvalue weighted by Crippen LogP contribution is 2.07. The number of furan rings is 1. The minimum Gasteiger partial charge on any atom is -0.478 e. The van der Waals surface area contributed by atoms with Gasteiger partial charge in [0.15, 0.2) is 0 Å². The second-order valence-corrected chi connectivity index (χ2v) is 3.80. The normalized spacial score (nSPS) is 12.6. The van der Waals surface area contributed by atoms with Gasteiger partial charge in [-0.3, -0.25) is 0 Å². The Morgan fingerprint density at radius 2 is 2.44 bits per heavy atom. The second-order valence-electron chi connectivity index (χ2n) is 3.80. The number of aromatic carboxylic acids is 1. The predicted molar refractivity (Wildman–Crippen MR) is 58.4 cm³/mol. The largest absolute Gasteiger partial charge is 0.478 e. The molecule has 0 fully saturated rings. The molecule has 0 amide bonds. The van der Waals surface area contributed by atoms with Crippen molar-refractivity contribution in [2.24, 2.45) is 5.92 Å². The molecule has 0 saturated carbocycles. The lowest BCUT2D eigenvalue weighted by Gasteiger charge is -2.10. The number of carbonyl (C=O) groups is 1. The summed E-state index contributed by atoms with van der Waals surface area (Å²) in [5.74, 6) is 0.0728. The molecular weight excluding hydrogens is 210 g/mol. The summed E-state index contributed by atoms with van der Waals surface area (Å²) in [6.45, 7) is 4.10. The van der Waals surface area contributed by atoms with E-state index >= 15 is 0 Å². The summed E-state index contributed by atoms with van der Waals surface area (Å²) in [7, 11) is 1.67. The Morgan fingerprint density at radius 1 is 1.69 bits per heavy atom. The van der Waals surface area contributed by atoms with Gasteiger partial charge in [0.05, 0.1) is 12.1 Å². The molecule has 1 aromatic rings. The zero-order chi connectivity index (χ0) is 12.0. The van der Waals surface area contributed by atoms with Gasteiger partial charge in [-0.25, -0.2) is 4.79 Å². The Bertz CT molecular complexity index is 334. The van der Waals surface area contributed by atoms with Crippen molar-refractivity contribution in [1.82, 2.24) is 5.32 Å². The topological polar surface area (TPSA) is 71.7 Å². The van der Waals surface area contributed by atoms with Crippen LogP contribution in [0.2, 0.25) is 0 Å². The Labute approximate surface area is 94.4 Å². The van der Waals surface area contributed by atoms with Crippen molar-refractivity contribution in [2.75, 3.05) is 20.3 Å². The monoisotopic (exact) mass is 227 g/mol. The third-order valence-corrected chi connectivity index (χ3v) is 2.14. The Kier molecular flexibility index (Phi) is 5.01. The van der Waals surface area contributed by atoms with E-state index < -0.39 is 5.97 Å². The molecule has 0 aliphatic rings. The molecule has 90 valence electrons. The fourth-order valence-corrected chi connectivity index (χ4v) is 1.37. The van der Waals surface area contributed by atoms with Crippen molar-refractivity contribution >= 4 is 5.97 Å². The number of hydrogen-bond acceptors (Lipinski definition) is 4. The number of ether oxygens (including phenoxy) is 1. The van der Waals surface area contributed by atoms with Gasteiger partial charge in [0.2, 0.25) is 0 Å². The molecule has 1 atom stereocenters. The molecule has 1 heterocycles. The third-order valence-electron chi connectivity index (χ3n) is 2.14. The van der Waals surface area contributed by atoms with Gasteiger partial charge in [-0.1, -0.05) is 6.92 Å². The van der Waals surface area contributed by atoms with Crippen LogP contribution in [0, 0.1) is 5.92 Å². The molecule has 0 aromatic carbocycles. The van der Waals surface area contributed by atoms with E-state index in [1.165, 1.54) is 12.3 Å². The fraction of sp³-hybridized carbons (Fsp3) is 0.545. The fourth-order valence-electron chi connectivity index (χ4n) is 1.37. The lowest BCUT2D eigenvalue weighted by atomic mass is 10.2. The van der Waals surface area contributed by atoms with Crippen LogP contribution in [0.25, 0.3) is 0 Å².